The fourth-order valence-corrected chi connectivity index (χ4v) is 2.47. The van der Waals surface area contributed by atoms with Crippen LogP contribution in [0.25, 0.3) is 0 Å². The minimum Gasteiger partial charge on any atom is -0.492 e. The van der Waals surface area contributed by atoms with Gasteiger partial charge >= 0.3 is 0 Å². The lowest BCUT2D eigenvalue weighted by atomic mass is 10.1. The average molecular weight is 332 g/mol. The third-order valence-corrected chi connectivity index (χ3v) is 3.77. The van der Waals surface area contributed by atoms with Crippen LogP contribution < -0.4 is 10.1 Å². The molecule has 0 fully saturated rings. The molecule has 0 unspecified atom stereocenters. The van der Waals surface area contributed by atoms with Gasteiger partial charge in [-0.3, -0.25) is 4.79 Å². The molecule has 0 saturated heterocycles. The van der Waals surface area contributed by atoms with Crippen molar-refractivity contribution in [3.8, 4) is 5.75 Å². The van der Waals surface area contributed by atoms with E-state index >= 15 is 0 Å². The molecule has 2 aromatic carbocycles. The van der Waals surface area contributed by atoms with E-state index in [0.29, 0.717) is 36.8 Å². The molecule has 122 valence electrons. The van der Waals surface area contributed by atoms with E-state index in [2.05, 4.69) is 30.4 Å². The van der Waals surface area contributed by atoms with Crippen LogP contribution in [0.3, 0.4) is 0 Å². The van der Waals surface area contributed by atoms with Crippen molar-refractivity contribution in [1.82, 2.24) is 5.32 Å². The number of carbonyl (C=O) groups excluding carboxylic acids is 1. The van der Waals surface area contributed by atoms with Crippen LogP contribution in [0.15, 0.2) is 48.5 Å². The Bertz CT molecular complexity index is 643. The summed E-state index contributed by atoms with van der Waals surface area (Å²) in [6.45, 7) is 3.21. The molecule has 0 spiro atoms. The Hall–Kier alpha value is -2.00. The Morgan fingerprint density at radius 2 is 2.00 bits per heavy atom. The molecule has 23 heavy (non-hydrogen) atoms. The first-order valence-electron chi connectivity index (χ1n) is 7.85. The standard InChI is InChI=1S/C19H22ClNO2/c1-15-6-4-7-16(14-15)11-12-21-19(22)10-5-13-23-18-9-3-2-8-17(18)20/h2-4,6-9,14H,5,10-13H2,1H3,(H,21,22). The van der Waals surface area contributed by atoms with Crippen LogP contribution >= 0.6 is 11.6 Å². The van der Waals surface area contributed by atoms with E-state index in [1.54, 1.807) is 6.07 Å². The second-order valence-electron chi connectivity index (χ2n) is 5.47. The zero-order chi connectivity index (χ0) is 16.5. The second-order valence-corrected chi connectivity index (χ2v) is 5.88. The molecule has 0 heterocycles. The lowest BCUT2D eigenvalue weighted by molar-refractivity contribution is -0.121. The Morgan fingerprint density at radius 3 is 2.78 bits per heavy atom. The molecular weight excluding hydrogens is 310 g/mol. The molecule has 3 nitrogen and oxygen atoms in total. The largest absolute Gasteiger partial charge is 0.492 e. The van der Waals surface area contributed by atoms with Crippen LogP contribution in [0.1, 0.15) is 24.0 Å². The van der Waals surface area contributed by atoms with Crippen molar-refractivity contribution in [3.63, 3.8) is 0 Å². The zero-order valence-corrected chi connectivity index (χ0v) is 14.1. The van der Waals surface area contributed by atoms with Crippen molar-refractivity contribution in [2.75, 3.05) is 13.2 Å². The predicted octanol–water partition coefficient (Wildman–Crippen LogP) is 4.17. The van der Waals surface area contributed by atoms with E-state index in [0.717, 1.165) is 6.42 Å². The number of ether oxygens (including phenoxy) is 1. The molecular formula is C19H22ClNO2. The van der Waals surface area contributed by atoms with E-state index in [-0.39, 0.29) is 5.91 Å². The van der Waals surface area contributed by atoms with Crippen molar-refractivity contribution in [2.24, 2.45) is 0 Å². The fraction of sp³-hybridized carbons (Fsp3) is 0.316. The normalized spacial score (nSPS) is 10.3. The average Bonchev–Trinajstić information content (AvgIpc) is 2.53. The van der Waals surface area contributed by atoms with E-state index in [4.69, 9.17) is 16.3 Å². The highest BCUT2D eigenvalue weighted by molar-refractivity contribution is 6.32. The topological polar surface area (TPSA) is 38.3 Å². The number of benzene rings is 2. The van der Waals surface area contributed by atoms with E-state index < -0.39 is 0 Å². The summed E-state index contributed by atoms with van der Waals surface area (Å²) in [7, 11) is 0. The first kappa shape index (κ1) is 17.4. The molecule has 2 rings (SSSR count). The molecule has 0 radical (unpaired) electrons. The molecule has 0 aliphatic rings. The highest BCUT2D eigenvalue weighted by atomic mass is 35.5. The van der Waals surface area contributed by atoms with Crippen molar-refractivity contribution in [2.45, 2.75) is 26.2 Å². The quantitative estimate of drug-likeness (QED) is 0.737. The summed E-state index contributed by atoms with van der Waals surface area (Å²) >= 11 is 6.00. The van der Waals surface area contributed by atoms with Gasteiger partial charge in [-0.1, -0.05) is 53.6 Å². The Labute approximate surface area is 142 Å². The van der Waals surface area contributed by atoms with Gasteiger partial charge in [0.2, 0.25) is 5.91 Å². The van der Waals surface area contributed by atoms with E-state index in [9.17, 15) is 4.79 Å². The zero-order valence-electron chi connectivity index (χ0n) is 13.3. The molecule has 0 aliphatic heterocycles. The van der Waals surface area contributed by atoms with Gasteiger partial charge in [-0.2, -0.15) is 0 Å². The molecule has 0 atom stereocenters. The van der Waals surface area contributed by atoms with Crippen molar-refractivity contribution >= 4 is 17.5 Å². The number of halogens is 1. The third-order valence-electron chi connectivity index (χ3n) is 3.46. The molecule has 2 aromatic rings. The maximum absolute atomic E-state index is 11.8. The fourth-order valence-electron chi connectivity index (χ4n) is 2.28. The van der Waals surface area contributed by atoms with Gasteiger partial charge < -0.3 is 10.1 Å². The van der Waals surface area contributed by atoms with Crippen molar-refractivity contribution < 1.29 is 9.53 Å². The summed E-state index contributed by atoms with van der Waals surface area (Å²) in [5.41, 5.74) is 2.48. The van der Waals surface area contributed by atoms with Gasteiger partial charge in [0.1, 0.15) is 5.75 Å². The Morgan fingerprint density at radius 1 is 1.17 bits per heavy atom. The van der Waals surface area contributed by atoms with E-state index in [1.165, 1.54) is 11.1 Å². The molecule has 1 amide bonds. The number of para-hydroxylation sites is 1. The van der Waals surface area contributed by atoms with Gasteiger partial charge in [-0.05, 0) is 37.5 Å². The summed E-state index contributed by atoms with van der Waals surface area (Å²) in [6.07, 6.45) is 1.98. The van der Waals surface area contributed by atoms with Gasteiger partial charge in [-0.15, -0.1) is 0 Å². The van der Waals surface area contributed by atoms with Crippen LogP contribution in [0.5, 0.6) is 5.75 Å². The van der Waals surface area contributed by atoms with Gasteiger partial charge in [-0.25, -0.2) is 0 Å². The van der Waals surface area contributed by atoms with Gasteiger partial charge in [0.25, 0.3) is 0 Å². The van der Waals surface area contributed by atoms with Crippen LogP contribution in [0, 0.1) is 6.92 Å². The maximum Gasteiger partial charge on any atom is 0.220 e. The molecule has 4 heteroatoms. The summed E-state index contributed by atoms with van der Waals surface area (Å²) in [6, 6.07) is 15.7. The van der Waals surface area contributed by atoms with Crippen LogP contribution in [0.2, 0.25) is 5.02 Å². The maximum atomic E-state index is 11.8. The lowest BCUT2D eigenvalue weighted by Crippen LogP contribution is -2.25. The number of carbonyl (C=O) groups is 1. The van der Waals surface area contributed by atoms with Gasteiger partial charge in [0.15, 0.2) is 0 Å². The van der Waals surface area contributed by atoms with Crippen LogP contribution in [-0.4, -0.2) is 19.1 Å². The summed E-state index contributed by atoms with van der Waals surface area (Å²) in [5.74, 6) is 0.717. The number of hydrogen-bond acceptors (Lipinski definition) is 2. The van der Waals surface area contributed by atoms with Crippen LogP contribution in [0.4, 0.5) is 0 Å². The summed E-state index contributed by atoms with van der Waals surface area (Å²) in [5, 5.41) is 3.53. The smallest absolute Gasteiger partial charge is 0.220 e. The van der Waals surface area contributed by atoms with Crippen LogP contribution in [-0.2, 0) is 11.2 Å². The number of aryl methyl sites for hydroxylation is 1. The predicted molar refractivity (Wildman–Crippen MR) is 94.1 cm³/mol. The molecule has 0 aromatic heterocycles. The Kier molecular flexibility index (Phi) is 6.95. The molecule has 0 saturated carbocycles. The SMILES string of the molecule is Cc1cccc(CCNC(=O)CCCOc2ccccc2Cl)c1. The second kappa shape index (κ2) is 9.21. The molecule has 0 aliphatic carbocycles. The summed E-state index contributed by atoms with van der Waals surface area (Å²) < 4.78 is 5.56. The highest BCUT2D eigenvalue weighted by Gasteiger charge is 2.03. The molecule has 0 bridgehead atoms. The monoisotopic (exact) mass is 331 g/mol. The minimum atomic E-state index is 0.0559. The van der Waals surface area contributed by atoms with Gasteiger partial charge in [0.05, 0.1) is 11.6 Å². The first-order valence-corrected chi connectivity index (χ1v) is 8.22. The highest BCUT2D eigenvalue weighted by Crippen LogP contribution is 2.23. The number of nitrogens with one attached hydrogen (secondary N) is 1. The summed E-state index contributed by atoms with van der Waals surface area (Å²) in [4.78, 5) is 11.8. The Balaban J connectivity index is 1.59. The van der Waals surface area contributed by atoms with Gasteiger partial charge in [0, 0.05) is 13.0 Å². The molecule has 1 N–H and O–H groups in total. The minimum absolute atomic E-state index is 0.0559. The van der Waals surface area contributed by atoms with E-state index in [1.807, 2.05) is 24.3 Å². The van der Waals surface area contributed by atoms with Crippen molar-refractivity contribution in [3.05, 3.63) is 64.7 Å². The third kappa shape index (κ3) is 6.33. The number of amides is 1. The lowest BCUT2D eigenvalue weighted by Gasteiger charge is -2.08. The first-order chi connectivity index (χ1) is 11.1. The number of rotatable bonds is 8. The number of hydrogen-bond donors (Lipinski definition) is 1. The van der Waals surface area contributed by atoms with Crippen molar-refractivity contribution in [1.29, 1.82) is 0 Å².